The Morgan fingerprint density at radius 3 is 2.95 bits per heavy atom. The highest BCUT2D eigenvalue weighted by molar-refractivity contribution is 5.93. The summed E-state index contributed by atoms with van der Waals surface area (Å²) in [6.07, 6.45) is 3.46. The Hall–Kier alpha value is -2.17. The smallest absolute Gasteiger partial charge is 0.242 e. The molecule has 0 bridgehead atoms. The highest BCUT2D eigenvalue weighted by atomic mass is 16.2. The molecule has 0 aliphatic carbocycles. The Bertz CT molecular complexity index is 650. The zero-order valence-electron chi connectivity index (χ0n) is 12.4. The normalized spacial score (nSPS) is 18.4. The lowest BCUT2D eigenvalue weighted by Gasteiger charge is -2.26. The Labute approximate surface area is 124 Å². The SMILES string of the molecule is CC(C)NC(=O)C1CCCN1c1ncnc2ccccc12. The van der Waals surface area contributed by atoms with E-state index in [0.717, 1.165) is 36.1 Å². The van der Waals surface area contributed by atoms with E-state index in [4.69, 9.17) is 0 Å². The van der Waals surface area contributed by atoms with Gasteiger partial charge in [0.05, 0.1) is 5.52 Å². The summed E-state index contributed by atoms with van der Waals surface area (Å²) in [5.41, 5.74) is 0.914. The quantitative estimate of drug-likeness (QED) is 0.938. The largest absolute Gasteiger partial charge is 0.352 e. The average molecular weight is 284 g/mol. The van der Waals surface area contributed by atoms with Gasteiger partial charge in [0.2, 0.25) is 5.91 Å². The van der Waals surface area contributed by atoms with Crippen LogP contribution < -0.4 is 10.2 Å². The molecule has 1 atom stereocenters. The lowest BCUT2D eigenvalue weighted by atomic mass is 10.1. The highest BCUT2D eigenvalue weighted by Crippen LogP contribution is 2.29. The molecule has 1 aliphatic rings. The monoisotopic (exact) mass is 284 g/mol. The van der Waals surface area contributed by atoms with E-state index in [0.29, 0.717) is 0 Å². The van der Waals surface area contributed by atoms with Gasteiger partial charge in [0.1, 0.15) is 18.2 Å². The van der Waals surface area contributed by atoms with E-state index in [9.17, 15) is 4.79 Å². The van der Waals surface area contributed by atoms with E-state index >= 15 is 0 Å². The van der Waals surface area contributed by atoms with Crippen molar-refractivity contribution in [3.8, 4) is 0 Å². The van der Waals surface area contributed by atoms with Crippen LogP contribution in [0.15, 0.2) is 30.6 Å². The van der Waals surface area contributed by atoms with Crippen LogP contribution in [0.2, 0.25) is 0 Å². The van der Waals surface area contributed by atoms with E-state index in [1.165, 1.54) is 0 Å². The highest BCUT2D eigenvalue weighted by Gasteiger charge is 2.32. The summed E-state index contributed by atoms with van der Waals surface area (Å²) in [6.45, 7) is 4.83. The van der Waals surface area contributed by atoms with Crippen molar-refractivity contribution in [2.45, 2.75) is 38.8 Å². The van der Waals surface area contributed by atoms with Gasteiger partial charge >= 0.3 is 0 Å². The summed E-state index contributed by atoms with van der Waals surface area (Å²) >= 11 is 0. The maximum atomic E-state index is 12.4. The molecule has 1 unspecified atom stereocenters. The third-order valence-corrected chi connectivity index (χ3v) is 3.78. The van der Waals surface area contributed by atoms with E-state index in [-0.39, 0.29) is 18.0 Å². The Morgan fingerprint density at radius 1 is 1.33 bits per heavy atom. The maximum Gasteiger partial charge on any atom is 0.242 e. The molecule has 1 saturated heterocycles. The summed E-state index contributed by atoms with van der Waals surface area (Å²) in [7, 11) is 0. The second-order valence-electron chi connectivity index (χ2n) is 5.73. The van der Waals surface area contributed by atoms with Crippen LogP contribution >= 0.6 is 0 Å². The van der Waals surface area contributed by atoms with Crippen LogP contribution in [0.1, 0.15) is 26.7 Å². The van der Waals surface area contributed by atoms with Crippen molar-refractivity contribution in [3.63, 3.8) is 0 Å². The van der Waals surface area contributed by atoms with Crippen molar-refractivity contribution in [2.75, 3.05) is 11.4 Å². The molecule has 5 heteroatoms. The molecule has 3 rings (SSSR count). The third-order valence-electron chi connectivity index (χ3n) is 3.78. The molecule has 2 aromatic rings. The molecule has 0 spiro atoms. The number of hydrogen-bond acceptors (Lipinski definition) is 4. The minimum Gasteiger partial charge on any atom is -0.352 e. The number of carbonyl (C=O) groups excluding carboxylic acids is 1. The summed E-state index contributed by atoms with van der Waals surface area (Å²) in [4.78, 5) is 23.2. The number of benzene rings is 1. The minimum atomic E-state index is -0.134. The predicted octanol–water partition coefficient (Wildman–Crippen LogP) is 2.12. The molecule has 110 valence electrons. The minimum absolute atomic E-state index is 0.0881. The molecule has 2 heterocycles. The fraction of sp³-hybridized carbons (Fsp3) is 0.438. The first kappa shape index (κ1) is 13.8. The molecule has 21 heavy (non-hydrogen) atoms. The number of nitrogens with zero attached hydrogens (tertiary/aromatic N) is 3. The van der Waals surface area contributed by atoms with Gasteiger partial charge in [-0.2, -0.15) is 0 Å². The molecule has 1 amide bonds. The molecule has 5 nitrogen and oxygen atoms in total. The first-order valence-corrected chi connectivity index (χ1v) is 7.43. The van der Waals surface area contributed by atoms with Gasteiger partial charge in [0.15, 0.2) is 0 Å². The first-order chi connectivity index (χ1) is 10.2. The van der Waals surface area contributed by atoms with Crippen LogP contribution in [0.25, 0.3) is 10.9 Å². The number of hydrogen-bond donors (Lipinski definition) is 1. The van der Waals surface area contributed by atoms with E-state index < -0.39 is 0 Å². The van der Waals surface area contributed by atoms with Crippen LogP contribution in [0, 0.1) is 0 Å². The summed E-state index contributed by atoms with van der Waals surface area (Å²) in [5, 5.41) is 4.01. The van der Waals surface area contributed by atoms with E-state index in [1.807, 2.05) is 38.1 Å². The topological polar surface area (TPSA) is 58.1 Å². The Morgan fingerprint density at radius 2 is 2.14 bits per heavy atom. The third kappa shape index (κ3) is 2.68. The van der Waals surface area contributed by atoms with Crippen molar-refractivity contribution < 1.29 is 4.79 Å². The van der Waals surface area contributed by atoms with Gasteiger partial charge in [0, 0.05) is 18.0 Å². The lowest BCUT2D eigenvalue weighted by Crippen LogP contribution is -2.46. The zero-order valence-corrected chi connectivity index (χ0v) is 12.4. The van der Waals surface area contributed by atoms with Gasteiger partial charge in [-0.15, -0.1) is 0 Å². The van der Waals surface area contributed by atoms with Crippen LogP contribution in [0.4, 0.5) is 5.82 Å². The average Bonchev–Trinajstić information content (AvgIpc) is 2.95. The van der Waals surface area contributed by atoms with E-state index in [1.54, 1.807) is 6.33 Å². The van der Waals surface area contributed by atoms with Crippen LogP contribution in [-0.2, 0) is 4.79 Å². The molecular formula is C16H20N4O. The Balaban J connectivity index is 1.95. The van der Waals surface area contributed by atoms with E-state index in [2.05, 4.69) is 20.2 Å². The lowest BCUT2D eigenvalue weighted by molar-refractivity contribution is -0.122. The standard InChI is InChI=1S/C16H20N4O/c1-11(2)19-16(21)14-8-5-9-20(14)15-12-6-3-4-7-13(12)17-10-18-15/h3-4,6-7,10-11,14H,5,8-9H2,1-2H3,(H,19,21). The molecule has 1 aromatic carbocycles. The number of aromatic nitrogens is 2. The number of carbonyl (C=O) groups is 1. The zero-order chi connectivity index (χ0) is 14.8. The molecular weight excluding hydrogens is 264 g/mol. The summed E-state index contributed by atoms with van der Waals surface area (Å²) < 4.78 is 0. The maximum absolute atomic E-state index is 12.4. The van der Waals surface area contributed by atoms with Crippen molar-refractivity contribution in [2.24, 2.45) is 0 Å². The molecule has 1 fully saturated rings. The van der Waals surface area contributed by atoms with Gasteiger partial charge < -0.3 is 10.2 Å². The molecule has 0 radical (unpaired) electrons. The van der Waals surface area contributed by atoms with Gasteiger partial charge in [-0.05, 0) is 38.8 Å². The van der Waals surface area contributed by atoms with Gasteiger partial charge in [-0.25, -0.2) is 9.97 Å². The second kappa shape index (κ2) is 5.68. The number of rotatable bonds is 3. The van der Waals surface area contributed by atoms with Crippen molar-refractivity contribution in [1.82, 2.24) is 15.3 Å². The molecule has 1 aliphatic heterocycles. The number of anilines is 1. The predicted molar refractivity (Wildman–Crippen MR) is 83.2 cm³/mol. The van der Waals surface area contributed by atoms with Gasteiger partial charge in [0.25, 0.3) is 0 Å². The molecule has 1 aromatic heterocycles. The van der Waals surface area contributed by atoms with Crippen molar-refractivity contribution >= 4 is 22.6 Å². The van der Waals surface area contributed by atoms with Crippen molar-refractivity contribution in [3.05, 3.63) is 30.6 Å². The fourth-order valence-corrected chi connectivity index (χ4v) is 2.89. The van der Waals surface area contributed by atoms with Gasteiger partial charge in [-0.3, -0.25) is 4.79 Å². The number of fused-ring (bicyclic) bond motifs is 1. The summed E-state index contributed by atoms with van der Waals surface area (Å²) in [6, 6.07) is 7.95. The fourth-order valence-electron chi connectivity index (χ4n) is 2.89. The van der Waals surface area contributed by atoms with Gasteiger partial charge in [-0.1, -0.05) is 12.1 Å². The first-order valence-electron chi connectivity index (χ1n) is 7.43. The Kier molecular flexibility index (Phi) is 3.73. The number of nitrogens with one attached hydrogen (secondary N) is 1. The number of amides is 1. The van der Waals surface area contributed by atoms with Crippen LogP contribution in [0.3, 0.4) is 0 Å². The summed E-state index contributed by atoms with van der Waals surface area (Å²) in [5.74, 6) is 0.951. The molecule has 1 N–H and O–H groups in total. The van der Waals surface area contributed by atoms with Crippen molar-refractivity contribution in [1.29, 1.82) is 0 Å². The van der Waals surface area contributed by atoms with Crippen LogP contribution in [-0.4, -0.2) is 34.5 Å². The second-order valence-corrected chi connectivity index (χ2v) is 5.73. The number of para-hydroxylation sites is 1. The molecule has 0 saturated carbocycles. The van der Waals surface area contributed by atoms with Crippen LogP contribution in [0.5, 0.6) is 0 Å².